The summed E-state index contributed by atoms with van der Waals surface area (Å²) in [5.74, 6) is 0.112. The number of benzene rings is 1. The van der Waals surface area contributed by atoms with Gasteiger partial charge in [-0.15, -0.1) is 11.3 Å². The molecule has 0 spiro atoms. The number of aromatic nitrogens is 2. The number of ether oxygens (including phenoxy) is 1. The van der Waals surface area contributed by atoms with Gasteiger partial charge in [0.05, 0.1) is 13.2 Å². The Bertz CT molecular complexity index is 863. The molecule has 1 aliphatic rings. The number of rotatable bonds is 4. The van der Waals surface area contributed by atoms with Crippen LogP contribution in [-0.4, -0.2) is 47.1 Å². The highest BCUT2D eigenvalue weighted by atomic mass is 32.2. The molecule has 128 valence electrons. The van der Waals surface area contributed by atoms with E-state index in [9.17, 15) is 4.79 Å². The van der Waals surface area contributed by atoms with Crippen molar-refractivity contribution >= 4 is 39.2 Å². The second kappa shape index (κ2) is 7.51. The quantitative estimate of drug-likeness (QED) is 0.520. The standard InChI is InChI=1S/C18H17N3O2S2/c22-18(21-7-9-23-10-8-21)15(13-4-2-1-3-5-13)25-17-14-6-11-24-16(14)19-12-20-17/h1-6,11-12,15H,7-10H2. The number of morpholine rings is 1. The molecule has 1 unspecified atom stereocenters. The molecule has 4 rings (SSSR count). The number of nitrogens with zero attached hydrogens (tertiary/aromatic N) is 3. The van der Waals surface area contributed by atoms with Crippen molar-refractivity contribution in [3.8, 4) is 0 Å². The summed E-state index contributed by atoms with van der Waals surface area (Å²) >= 11 is 3.09. The third kappa shape index (κ3) is 3.53. The number of fused-ring (bicyclic) bond motifs is 1. The Hall–Kier alpha value is -1.96. The summed E-state index contributed by atoms with van der Waals surface area (Å²) in [6.45, 7) is 2.47. The zero-order chi connectivity index (χ0) is 17.1. The molecule has 5 nitrogen and oxygen atoms in total. The van der Waals surface area contributed by atoms with Crippen molar-refractivity contribution in [1.82, 2.24) is 14.9 Å². The molecule has 3 aromatic rings. The van der Waals surface area contributed by atoms with Crippen molar-refractivity contribution < 1.29 is 9.53 Å². The van der Waals surface area contributed by atoms with Crippen LogP contribution in [0.4, 0.5) is 0 Å². The number of carbonyl (C=O) groups is 1. The summed E-state index contributed by atoms with van der Waals surface area (Å²) in [6.07, 6.45) is 1.57. The fourth-order valence-electron chi connectivity index (χ4n) is 2.81. The molecule has 1 saturated heterocycles. The lowest BCUT2D eigenvalue weighted by Crippen LogP contribution is -2.42. The predicted octanol–water partition coefficient (Wildman–Crippen LogP) is 3.38. The fraction of sp³-hybridized carbons (Fsp3) is 0.278. The lowest BCUT2D eigenvalue weighted by atomic mass is 10.1. The molecule has 0 saturated carbocycles. The van der Waals surface area contributed by atoms with Gasteiger partial charge in [0.2, 0.25) is 5.91 Å². The highest BCUT2D eigenvalue weighted by molar-refractivity contribution is 8.00. The van der Waals surface area contributed by atoms with Crippen LogP contribution in [0.3, 0.4) is 0 Å². The molecule has 25 heavy (non-hydrogen) atoms. The molecule has 2 aromatic heterocycles. The van der Waals surface area contributed by atoms with Crippen LogP contribution in [0.1, 0.15) is 10.8 Å². The first-order chi connectivity index (χ1) is 12.3. The second-order valence-corrected chi connectivity index (χ2v) is 7.65. The minimum Gasteiger partial charge on any atom is -0.378 e. The Morgan fingerprint density at radius 3 is 2.76 bits per heavy atom. The van der Waals surface area contributed by atoms with Crippen molar-refractivity contribution in [1.29, 1.82) is 0 Å². The largest absolute Gasteiger partial charge is 0.378 e. The molecule has 1 aliphatic heterocycles. The maximum absolute atomic E-state index is 13.2. The predicted molar refractivity (Wildman–Crippen MR) is 99.9 cm³/mol. The molecular weight excluding hydrogens is 354 g/mol. The van der Waals surface area contributed by atoms with Crippen LogP contribution >= 0.6 is 23.1 Å². The maximum atomic E-state index is 13.2. The summed E-state index contributed by atoms with van der Waals surface area (Å²) in [7, 11) is 0. The highest BCUT2D eigenvalue weighted by Gasteiger charge is 2.29. The number of amides is 1. The molecule has 0 N–H and O–H groups in total. The minimum atomic E-state index is -0.322. The zero-order valence-corrected chi connectivity index (χ0v) is 15.1. The van der Waals surface area contributed by atoms with Gasteiger partial charge in [-0.3, -0.25) is 4.79 Å². The van der Waals surface area contributed by atoms with Crippen molar-refractivity contribution in [2.24, 2.45) is 0 Å². The van der Waals surface area contributed by atoms with Crippen LogP contribution in [0.2, 0.25) is 0 Å². The van der Waals surface area contributed by atoms with Crippen molar-refractivity contribution in [3.05, 3.63) is 53.7 Å². The number of hydrogen-bond donors (Lipinski definition) is 0. The summed E-state index contributed by atoms with van der Waals surface area (Å²) in [5.41, 5.74) is 0.992. The molecule has 1 fully saturated rings. The van der Waals surface area contributed by atoms with Crippen LogP contribution in [-0.2, 0) is 9.53 Å². The van der Waals surface area contributed by atoms with Crippen LogP contribution < -0.4 is 0 Å². The van der Waals surface area contributed by atoms with Gasteiger partial charge in [0.25, 0.3) is 0 Å². The van der Waals surface area contributed by atoms with E-state index in [1.807, 2.05) is 46.7 Å². The summed E-state index contributed by atoms with van der Waals surface area (Å²) in [4.78, 5) is 24.8. The third-order valence-electron chi connectivity index (χ3n) is 4.10. The smallest absolute Gasteiger partial charge is 0.240 e. The topological polar surface area (TPSA) is 55.3 Å². The molecule has 1 atom stereocenters. The van der Waals surface area contributed by atoms with Gasteiger partial charge in [0.1, 0.15) is 21.4 Å². The first kappa shape index (κ1) is 16.5. The van der Waals surface area contributed by atoms with E-state index in [4.69, 9.17) is 4.74 Å². The van der Waals surface area contributed by atoms with Crippen LogP contribution in [0, 0.1) is 0 Å². The Morgan fingerprint density at radius 1 is 1.16 bits per heavy atom. The average molecular weight is 371 g/mol. The van der Waals surface area contributed by atoms with E-state index in [1.165, 1.54) is 11.8 Å². The van der Waals surface area contributed by atoms with E-state index in [0.29, 0.717) is 26.3 Å². The molecule has 1 amide bonds. The Kier molecular flexibility index (Phi) is 4.96. The van der Waals surface area contributed by atoms with Crippen LogP contribution in [0.15, 0.2) is 53.1 Å². The molecule has 3 heterocycles. The van der Waals surface area contributed by atoms with Gasteiger partial charge in [-0.05, 0) is 17.0 Å². The molecule has 0 bridgehead atoms. The van der Waals surface area contributed by atoms with Gasteiger partial charge in [-0.25, -0.2) is 9.97 Å². The van der Waals surface area contributed by atoms with Gasteiger partial charge in [-0.2, -0.15) is 0 Å². The first-order valence-electron chi connectivity index (χ1n) is 8.09. The van der Waals surface area contributed by atoms with Crippen LogP contribution in [0.5, 0.6) is 0 Å². The first-order valence-corrected chi connectivity index (χ1v) is 9.85. The van der Waals surface area contributed by atoms with Gasteiger partial charge in [-0.1, -0.05) is 42.1 Å². The summed E-state index contributed by atoms with van der Waals surface area (Å²) in [6, 6.07) is 11.9. The lowest BCUT2D eigenvalue weighted by Gasteiger charge is -2.30. The monoisotopic (exact) mass is 371 g/mol. The normalized spacial score (nSPS) is 16.1. The van der Waals surface area contributed by atoms with E-state index in [1.54, 1.807) is 17.7 Å². The summed E-state index contributed by atoms with van der Waals surface area (Å²) in [5, 5.41) is 3.54. The lowest BCUT2D eigenvalue weighted by molar-refractivity contribution is -0.134. The van der Waals surface area contributed by atoms with E-state index in [-0.39, 0.29) is 11.2 Å². The van der Waals surface area contributed by atoms with Gasteiger partial charge in [0.15, 0.2) is 0 Å². The number of thioether (sulfide) groups is 1. The Labute approximate surface area is 154 Å². The zero-order valence-electron chi connectivity index (χ0n) is 13.5. The number of thiophene rings is 1. The van der Waals surface area contributed by atoms with E-state index >= 15 is 0 Å². The molecule has 0 aliphatic carbocycles. The van der Waals surface area contributed by atoms with Crippen molar-refractivity contribution in [2.75, 3.05) is 26.3 Å². The summed E-state index contributed by atoms with van der Waals surface area (Å²) < 4.78 is 5.38. The van der Waals surface area contributed by atoms with E-state index in [2.05, 4.69) is 9.97 Å². The SMILES string of the molecule is O=C(C(Sc1ncnc2sccc12)c1ccccc1)N1CCOCC1. The van der Waals surface area contributed by atoms with Crippen molar-refractivity contribution in [3.63, 3.8) is 0 Å². The van der Waals surface area contributed by atoms with Gasteiger partial charge >= 0.3 is 0 Å². The van der Waals surface area contributed by atoms with Crippen molar-refractivity contribution in [2.45, 2.75) is 10.3 Å². The minimum absolute atomic E-state index is 0.112. The average Bonchev–Trinajstić information content (AvgIpc) is 3.16. The van der Waals surface area contributed by atoms with E-state index < -0.39 is 0 Å². The number of carbonyl (C=O) groups excluding carboxylic acids is 1. The molecule has 1 aromatic carbocycles. The Balaban J connectivity index is 1.68. The van der Waals surface area contributed by atoms with Gasteiger partial charge < -0.3 is 9.64 Å². The van der Waals surface area contributed by atoms with Gasteiger partial charge in [0, 0.05) is 18.5 Å². The third-order valence-corrected chi connectivity index (χ3v) is 6.18. The van der Waals surface area contributed by atoms with E-state index in [0.717, 1.165) is 20.8 Å². The fourth-order valence-corrected chi connectivity index (χ4v) is 4.77. The van der Waals surface area contributed by atoms with Crippen LogP contribution in [0.25, 0.3) is 10.2 Å². The number of hydrogen-bond acceptors (Lipinski definition) is 6. The highest BCUT2D eigenvalue weighted by Crippen LogP contribution is 2.39. The molecule has 7 heteroatoms. The second-order valence-electron chi connectivity index (χ2n) is 5.66. The maximum Gasteiger partial charge on any atom is 0.240 e. The molecular formula is C18H17N3O2S2. The molecule has 0 radical (unpaired) electrons. The Morgan fingerprint density at radius 2 is 1.96 bits per heavy atom.